The van der Waals surface area contributed by atoms with Crippen LogP contribution in [0.2, 0.25) is 0 Å². The molecule has 2 rings (SSSR count). The van der Waals surface area contributed by atoms with Gasteiger partial charge in [0.1, 0.15) is 12.4 Å². The van der Waals surface area contributed by atoms with E-state index in [4.69, 9.17) is 4.84 Å². The molecule has 0 atom stereocenters. The molecule has 0 N–H and O–H groups in total. The van der Waals surface area contributed by atoms with Crippen molar-refractivity contribution in [3.05, 3.63) is 71.0 Å². The molecule has 2 aromatic rings. The first-order valence-electron chi connectivity index (χ1n) is 5.50. The SMILES string of the molecule is Fc1ccc(CON=Cc2ccccc2F)cc1F. The Morgan fingerprint density at radius 2 is 1.74 bits per heavy atom. The van der Waals surface area contributed by atoms with Gasteiger partial charge in [0, 0.05) is 5.56 Å². The zero-order chi connectivity index (χ0) is 13.7. The molecule has 98 valence electrons. The molecule has 0 saturated heterocycles. The van der Waals surface area contributed by atoms with Gasteiger partial charge in [-0.3, -0.25) is 0 Å². The van der Waals surface area contributed by atoms with Crippen molar-refractivity contribution in [1.82, 2.24) is 0 Å². The Hall–Kier alpha value is -2.30. The highest BCUT2D eigenvalue weighted by Crippen LogP contribution is 2.10. The Kier molecular flexibility index (Phi) is 4.18. The molecule has 0 fully saturated rings. The standard InChI is InChI=1S/C14H10F3NO/c15-12-4-2-1-3-11(12)8-18-19-9-10-5-6-13(16)14(17)7-10/h1-8H,9H2. The smallest absolute Gasteiger partial charge is 0.159 e. The van der Waals surface area contributed by atoms with Gasteiger partial charge in [0.25, 0.3) is 0 Å². The maximum atomic E-state index is 13.2. The van der Waals surface area contributed by atoms with Gasteiger partial charge in [-0.1, -0.05) is 29.4 Å². The van der Waals surface area contributed by atoms with Crippen LogP contribution in [0.5, 0.6) is 0 Å². The first-order valence-corrected chi connectivity index (χ1v) is 5.50. The third kappa shape index (κ3) is 3.58. The van der Waals surface area contributed by atoms with Gasteiger partial charge in [-0.2, -0.15) is 0 Å². The summed E-state index contributed by atoms with van der Waals surface area (Å²) in [5.74, 6) is -2.28. The van der Waals surface area contributed by atoms with Gasteiger partial charge >= 0.3 is 0 Å². The zero-order valence-electron chi connectivity index (χ0n) is 9.82. The van der Waals surface area contributed by atoms with Crippen LogP contribution in [0.4, 0.5) is 13.2 Å². The van der Waals surface area contributed by atoms with Gasteiger partial charge in [-0.05, 0) is 23.8 Å². The fourth-order valence-corrected chi connectivity index (χ4v) is 1.42. The third-order valence-electron chi connectivity index (χ3n) is 2.39. The van der Waals surface area contributed by atoms with Crippen molar-refractivity contribution in [3.63, 3.8) is 0 Å². The summed E-state index contributed by atoms with van der Waals surface area (Å²) in [4.78, 5) is 4.89. The van der Waals surface area contributed by atoms with Crippen LogP contribution in [0.15, 0.2) is 47.6 Å². The number of hydrogen-bond donors (Lipinski definition) is 0. The highest BCUT2D eigenvalue weighted by atomic mass is 19.2. The molecule has 2 aromatic carbocycles. The molecule has 5 heteroatoms. The molecular formula is C14H10F3NO. The van der Waals surface area contributed by atoms with E-state index in [1.807, 2.05) is 0 Å². The number of nitrogens with zero attached hydrogens (tertiary/aromatic N) is 1. The first kappa shape index (κ1) is 13.1. The average Bonchev–Trinajstić information content (AvgIpc) is 2.40. The lowest BCUT2D eigenvalue weighted by molar-refractivity contribution is 0.131. The second-order valence-electron chi connectivity index (χ2n) is 3.78. The minimum Gasteiger partial charge on any atom is -0.391 e. The van der Waals surface area contributed by atoms with Gasteiger partial charge in [0.15, 0.2) is 11.6 Å². The molecule has 0 aliphatic carbocycles. The van der Waals surface area contributed by atoms with Crippen LogP contribution in [0.3, 0.4) is 0 Å². The largest absolute Gasteiger partial charge is 0.391 e. The molecule has 0 aliphatic rings. The molecule has 0 amide bonds. The Bertz CT molecular complexity index is 599. The van der Waals surface area contributed by atoms with E-state index < -0.39 is 17.5 Å². The van der Waals surface area contributed by atoms with Crippen LogP contribution in [0.1, 0.15) is 11.1 Å². The highest BCUT2D eigenvalue weighted by molar-refractivity contribution is 5.79. The van der Waals surface area contributed by atoms with E-state index in [1.165, 1.54) is 18.3 Å². The van der Waals surface area contributed by atoms with Crippen LogP contribution in [-0.2, 0) is 11.4 Å². The fourth-order valence-electron chi connectivity index (χ4n) is 1.42. The van der Waals surface area contributed by atoms with Crippen molar-refractivity contribution in [2.45, 2.75) is 6.61 Å². The van der Waals surface area contributed by atoms with Crippen LogP contribution in [0, 0.1) is 17.5 Å². The summed E-state index contributed by atoms with van der Waals surface area (Å²) in [6, 6.07) is 9.49. The predicted molar refractivity (Wildman–Crippen MR) is 65.1 cm³/mol. The summed E-state index contributed by atoms with van der Waals surface area (Å²) in [5.41, 5.74) is 0.720. The number of hydrogen-bond acceptors (Lipinski definition) is 2. The summed E-state index contributed by atoms with van der Waals surface area (Å²) in [6.07, 6.45) is 1.22. The number of benzene rings is 2. The molecule has 19 heavy (non-hydrogen) atoms. The third-order valence-corrected chi connectivity index (χ3v) is 2.39. The lowest BCUT2D eigenvalue weighted by Crippen LogP contribution is -1.92. The average molecular weight is 265 g/mol. The molecule has 0 spiro atoms. The second kappa shape index (κ2) is 6.04. The van der Waals surface area contributed by atoms with E-state index in [-0.39, 0.29) is 12.2 Å². The number of halogens is 3. The maximum Gasteiger partial charge on any atom is 0.159 e. The molecule has 0 aromatic heterocycles. The van der Waals surface area contributed by atoms with Crippen molar-refractivity contribution in [2.24, 2.45) is 5.16 Å². The number of oxime groups is 1. The van der Waals surface area contributed by atoms with E-state index in [2.05, 4.69) is 5.16 Å². The zero-order valence-corrected chi connectivity index (χ0v) is 9.82. The van der Waals surface area contributed by atoms with Gasteiger partial charge in [0.2, 0.25) is 0 Å². The van der Waals surface area contributed by atoms with Gasteiger partial charge in [-0.15, -0.1) is 0 Å². The monoisotopic (exact) mass is 265 g/mol. The molecule has 0 bridgehead atoms. The summed E-state index contributed by atoms with van der Waals surface area (Å²) < 4.78 is 38.8. The summed E-state index contributed by atoms with van der Waals surface area (Å²) in [7, 11) is 0. The van der Waals surface area contributed by atoms with Gasteiger partial charge < -0.3 is 4.84 Å². The lowest BCUT2D eigenvalue weighted by Gasteiger charge is -2.00. The van der Waals surface area contributed by atoms with Crippen molar-refractivity contribution in [2.75, 3.05) is 0 Å². The van der Waals surface area contributed by atoms with Crippen LogP contribution in [0.25, 0.3) is 0 Å². The van der Waals surface area contributed by atoms with E-state index in [9.17, 15) is 13.2 Å². The van der Waals surface area contributed by atoms with Crippen LogP contribution >= 0.6 is 0 Å². The van der Waals surface area contributed by atoms with Gasteiger partial charge in [0.05, 0.1) is 6.21 Å². The molecule has 0 heterocycles. The molecule has 0 unspecified atom stereocenters. The number of rotatable bonds is 4. The van der Waals surface area contributed by atoms with E-state index in [1.54, 1.807) is 18.2 Å². The van der Waals surface area contributed by atoms with Crippen molar-refractivity contribution < 1.29 is 18.0 Å². The van der Waals surface area contributed by atoms with E-state index >= 15 is 0 Å². The molecule has 0 saturated carbocycles. The van der Waals surface area contributed by atoms with Crippen LogP contribution < -0.4 is 0 Å². The first-order chi connectivity index (χ1) is 9.16. The summed E-state index contributed by atoms with van der Waals surface area (Å²) in [6.45, 7) is -0.0256. The minimum absolute atomic E-state index is 0.0256. The maximum absolute atomic E-state index is 13.2. The lowest BCUT2D eigenvalue weighted by atomic mass is 10.2. The predicted octanol–water partition coefficient (Wildman–Crippen LogP) is 3.65. The summed E-state index contributed by atoms with van der Waals surface area (Å²) >= 11 is 0. The topological polar surface area (TPSA) is 21.6 Å². The fraction of sp³-hybridized carbons (Fsp3) is 0.0714. The molecule has 0 aliphatic heterocycles. The van der Waals surface area contributed by atoms with Gasteiger partial charge in [-0.25, -0.2) is 13.2 Å². The van der Waals surface area contributed by atoms with E-state index in [0.717, 1.165) is 12.1 Å². The Morgan fingerprint density at radius 3 is 2.47 bits per heavy atom. The highest BCUT2D eigenvalue weighted by Gasteiger charge is 2.02. The molecular weight excluding hydrogens is 255 g/mol. The quantitative estimate of drug-likeness (QED) is 0.610. The van der Waals surface area contributed by atoms with Crippen molar-refractivity contribution in [1.29, 1.82) is 0 Å². The summed E-state index contributed by atoms with van der Waals surface area (Å²) in [5, 5.41) is 3.57. The Morgan fingerprint density at radius 1 is 0.947 bits per heavy atom. The Labute approximate surface area is 108 Å². The Balaban J connectivity index is 1.93. The second-order valence-corrected chi connectivity index (χ2v) is 3.78. The minimum atomic E-state index is -0.945. The van der Waals surface area contributed by atoms with E-state index in [0.29, 0.717) is 5.56 Å². The van der Waals surface area contributed by atoms with Crippen molar-refractivity contribution in [3.8, 4) is 0 Å². The molecule has 0 radical (unpaired) electrons. The van der Waals surface area contributed by atoms with Crippen molar-refractivity contribution >= 4 is 6.21 Å². The van der Waals surface area contributed by atoms with Crippen LogP contribution in [-0.4, -0.2) is 6.21 Å². The normalized spacial score (nSPS) is 10.9. The molecule has 2 nitrogen and oxygen atoms in total.